The van der Waals surface area contributed by atoms with E-state index in [9.17, 15) is 4.79 Å². The summed E-state index contributed by atoms with van der Waals surface area (Å²) in [6.07, 6.45) is 1.81. The summed E-state index contributed by atoms with van der Waals surface area (Å²) in [4.78, 5) is 20.3. The zero-order chi connectivity index (χ0) is 24.2. The Balaban J connectivity index is 1.35. The minimum Gasteiger partial charge on any atom is -0.484 e. The maximum Gasteiger partial charge on any atom is 0.262 e. The predicted octanol–water partition coefficient (Wildman–Crippen LogP) is 5.65. The fraction of sp³-hybridized carbons (Fsp3) is 0.148. The Kier molecular flexibility index (Phi) is 6.74. The molecule has 0 radical (unpaired) electrons. The number of amides is 1. The van der Waals surface area contributed by atoms with Crippen LogP contribution in [-0.4, -0.2) is 22.6 Å². The highest BCUT2D eigenvalue weighted by Crippen LogP contribution is 2.44. The molecular weight excluding hydrogens is 476 g/mol. The summed E-state index contributed by atoms with van der Waals surface area (Å²) in [5, 5.41) is 9.12. The van der Waals surface area contributed by atoms with Gasteiger partial charge in [0.2, 0.25) is 0 Å². The Morgan fingerprint density at radius 2 is 1.86 bits per heavy atom. The zero-order valence-corrected chi connectivity index (χ0v) is 20.7. The fourth-order valence-electron chi connectivity index (χ4n) is 4.15. The third-order valence-electron chi connectivity index (χ3n) is 5.81. The van der Waals surface area contributed by atoms with E-state index in [0.29, 0.717) is 16.5 Å². The van der Waals surface area contributed by atoms with Crippen LogP contribution in [0.1, 0.15) is 28.2 Å². The highest BCUT2D eigenvalue weighted by atomic mass is 32.1. The monoisotopic (exact) mass is 500 g/mol. The average Bonchev–Trinajstić information content (AvgIpc) is 3.46. The van der Waals surface area contributed by atoms with Gasteiger partial charge in [0.25, 0.3) is 5.91 Å². The number of thiocarbonyl (C=S) groups is 1. The van der Waals surface area contributed by atoms with Gasteiger partial charge in [-0.05, 0) is 84.7 Å². The lowest BCUT2D eigenvalue weighted by Gasteiger charge is -2.27. The molecule has 1 saturated heterocycles. The topological polar surface area (TPSA) is 66.5 Å². The Morgan fingerprint density at radius 1 is 1.09 bits per heavy atom. The summed E-state index contributed by atoms with van der Waals surface area (Å²) in [7, 11) is 0. The second-order valence-electron chi connectivity index (χ2n) is 8.16. The van der Waals surface area contributed by atoms with E-state index in [1.54, 1.807) is 17.5 Å². The van der Waals surface area contributed by atoms with Gasteiger partial charge in [0.15, 0.2) is 11.7 Å². The van der Waals surface area contributed by atoms with Crippen molar-refractivity contribution >= 4 is 45.9 Å². The van der Waals surface area contributed by atoms with Gasteiger partial charge in [-0.2, -0.15) is 0 Å². The lowest BCUT2D eigenvalue weighted by molar-refractivity contribution is -0.118. The molecule has 8 heteroatoms. The largest absolute Gasteiger partial charge is 0.484 e. The number of carbonyl (C=O) groups excluding carboxylic acids is 1. The van der Waals surface area contributed by atoms with Gasteiger partial charge in [0.1, 0.15) is 5.75 Å². The standard InChI is InChI=1S/C27H24N4O2S2/c1-18-14-16-35-26(18)25-24(22-9-5-6-15-28-22)30-27(34)31(25)20-12-10-19(11-13-20)29-23(32)17-33-21-7-3-2-4-8-21/h2-16,24-25H,17H2,1H3,(H,29,32)(H,30,34)/t24-,25-/m0/s1. The number of nitrogens with one attached hydrogen (secondary N) is 2. The van der Waals surface area contributed by atoms with Gasteiger partial charge < -0.3 is 20.3 Å². The zero-order valence-electron chi connectivity index (χ0n) is 19.0. The van der Waals surface area contributed by atoms with E-state index in [0.717, 1.165) is 11.4 Å². The molecule has 3 heterocycles. The first-order valence-electron chi connectivity index (χ1n) is 11.2. The van der Waals surface area contributed by atoms with Gasteiger partial charge >= 0.3 is 0 Å². The second kappa shape index (κ2) is 10.2. The average molecular weight is 501 g/mol. The van der Waals surface area contributed by atoms with Crippen LogP contribution in [0.2, 0.25) is 0 Å². The minimum atomic E-state index is -0.220. The molecule has 2 atom stereocenters. The normalized spacial score (nSPS) is 17.2. The maximum atomic E-state index is 12.3. The number of benzene rings is 2. The van der Waals surface area contributed by atoms with E-state index in [-0.39, 0.29) is 24.6 Å². The molecule has 2 N–H and O–H groups in total. The first kappa shape index (κ1) is 23.0. The molecule has 0 unspecified atom stereocenters. The van der Waals surface area contributed by atoms with Crippen molar-refractivity contribution in [1.29, 1.82) is 0 Å². The number of hydrogen-bond donors (Lipinski definition) is 2. The molecule has 5 rings (SSSR count). The van der Waals surface area contributed by atoms with E-state index < -0.39 is 0 Å². The van der Waals surface area contributed by atoms with E-state index in [1.807, 2.05) is 72.8 Å². The van der Waals surface area contributed by atoms with Crippen molar-refractivity contribution < 1.29 is 9.53 Å². The van der Waals surface area contributed by atoms with Crippen molar-refractivity contribution in [3.05, 3.63) is 107 Å². The predicted molar refractivity (Wildman–Crippen MR) is 144 cm³/mol. The molecule has 0 bridgehead atoms. The van der Waals surface area contributed by atoms with Crippen LogP contribution in [0.4, 0.5) is 11.4 Å². The minimum absolute atomic E-state index is 0.0305. The third-order valence-corrected chi connectivity index (χ3v) is 7.21. The van der Waals surface area contributed by atoms with E-state index >= 15 is 0 Å². The van der Waals surface area contributed by atoms with Gasteiger partial charge in [0.05, 0.1) is 17.8 Å². The number of rotatable bonds is 7. The first-order valence-corrected chi connectivity index (χ1v) is 12.5. The summed E-state index contributed by atoms with van der Waals surface area (Å²) in [5.41, 5.74) is 3.80. The van der Waals surface area contributed by atoms with Crippen molar-refractivity contribution in [3.63, 3.8) is 0 Å². The lowest BCUT2D eigenvalue weighted by atomic mass is 10.0. The molecule has 1 aliphatic rings. The molecule has 0 saturated carbocycles. The van der Waals surface area contributed by atoms with Crippen molar-refractivity contribution in [2.75, 3.05) is 16.8 Å². The van der Waals surface area contributed by atoms with Crippen LogP contribution >= 0.6 is 23.6 Å². The number of anilines is 2. The van der Waals surface area contributed by atoms with Gasteiger partial charge in [-0.15, -0.1) is 11.3 Å². The highest BCUT2D eigenvalue weighted by Gasteiger charge is 2.41. The van der Waals surface area contributed by atoms with Gasteiger partial charge in [0, 0.05) is 22.4 Å². The fourth-order valence-corrected chi connectivity index (χ4v) is 5.55. The number of aromatic nitrogens is 1. The Morgan fingerprint density at radius 3 is 2.54 bits per heavy atom. The van der Waals surface area contributed by atoms with Crippen LogP contribution in [0.25, 0.3) is 0 Å². The molecule has 1 amide bonds. The maximum absolute atomic E-state index is 12.3. The van der Waals surface area contributed by atoms with Crippen LogP contribution in [0.5, 0.6) is 5.75 Å². The number of thiophene rings is 1. The first-order chi connectivity index (χ1) is 17.1. The summed E-state index contributed by atoms with van der Waals surface area (Å²) in [6.45, 7) is 2.06. The van der Waals surface area contributed by atoms with Crippen molar-refractivity contribution in [3.8, 4) is 5.75 Å². The Bertz CT molecular complexity index is 1310. The van der Waals surface area contributed by atoms with E-state index in [2.05, 4.69) is 38.9 Å². The molecule has 1 aliphatic heterocycles. The van der Waals surface area contributed by atoms with Crippen LogP contribution in [0.15, 0.2) is 90.4 Å². The summed E-state index contributed by atoms with van der Waals surface area (Å²) < 4.78 is 5.53. The molecular formula is C27H24N4O2S2. The number of ether oxygens (including phenoxy) is 1. The van der Waals surface area contributed by atoms with Gasteiger partial charge in [-0.3, -0.25) is 9.78 Å². The van der Waals surface area contributed by atoms with Crippen molar-refractivity contribution in [2.45, 2.75) is 19.0 Å². The van der Waals surface area contributed by atoms with Crippen LogP contribution in [0, 0.1) is 6.92 Å². The molecule has 4 aromatic rings. The molecule has 0 spiro atoms. The summed E-state index contributed by atoms with van der Waals surface area (Å²) in [6, 6.07) is 24.9. The van der Waals surface area contributed by atoms with Crippen LogP contribution < -0.4 is 20.3 Å². The number of aryl methyl sites for hydroxylation is 1. The number of pyridine rings is 1. The molecule has 1 fully saturated rings. The van der Waals surface area contributed by atoms with Gasteiger partial charge in [-0.1, -0.05) is 24.3 Å². The van der Waals surface area contributed by atoms with Crippen LogP contribution in [-0.2, 0) is 4.79 Å². The van der Waals surface area contributed by atoms with Gasteiger partial charge in [-0.25, -0.2) is 0 Å². The number of para-hydroxylation sites is 1. The summed E-state index contributed by atoms with van der Waals surface area (Å²) >= 11 is 7.50. The molecule has 35 heavy (non-hydrogen) atoms. The summed E-state index contributed by atoms with van der Waals surface area (Å²) in [5.74, 6) is 0.438. The number of carbonyl (C=O) groups is 1. The molecule has 176 valence electrons. The van der Waals surface area contributed by atoms with E-state index in [4.69, 9.17) is 17.0 Å². The SMILES string of the molecule is Cc1ccsc1[C@@H]1[C@H](c2ccccn2)NC(=S)N1c1ccc(NC(=O)COc2ccccc2)cc1. The second-order valence-corrected chi connectivity index (χ2v) is 9.50. The Hall–Kier alpha value is -3.75. The van der Waals surface area contributed by atoms with Crippen molar-refractivity contribution in [2.24, 2.45) is 0 Å². The number of nitrogens with zero attached hydrogens (tertiary/aromatic N) is 2. The highest BCUT2D eigenvalue weighted by molar-refractivity contribution is 7.80. The molecule has 2 aromatic heterocycles. The lowest BCUT2D eigenvalue weighted by Crippen LogP contribution is -2.29. The van der Waals surface area contributed by atoms with E-state index in [1.165, 1.54) is 10.4 Å². The molecule has 2 aromatic carbocycles. The molecule has 0 aliphatic carbocycles. The number of hydrogen-bond acceptors (Lipinski definition) is 5. The third kappa shape index (κ3) is 5.03. The quantitative estimate of drug-likeness (QED) is 0.320. The molecule has 6 nitrogen and oxygen atoms in total. The van der Waals surface area contributed by atoms with Crippen LogP contribution in [0.3, 0.4) is 0 Å². The van der Waals surface area contributed by atoms with Crippen molar-refractivity contribution in [1.82, 2.24) is 10.3 Å². The smallest absolute Gasteiger partial charge is 0.262 e. The Labute approximate surface area is 213 Å².